The molecule has 1 aliphatic heterocycles. The molecule has 2 heterocycles. The van der Waals surface area contributed by atoms with E-state index in [2.05, 4.69) is 24.3 Å². The molecule has 5 nitrogen and oxygen atoms in total. The number of hydrogen-bond acceptors (Lipinski definition) is 4. The fraction of sp³-hybridized carbons (Fsp3) is 0.765. The zero-order valence-electron chi connectivity index (χ0n) is 13.3. The Kier molecular flexibility index (Phi) is 3.29. The number of aromatic nitrogens is 1. The lowest BCUT2D eigenvalue weighted by Crippen LogP contribution is -2.71. The van der Waals surface area contributed by atoms with Crippen LogP contribution >= 0.6 is 0 Å². The van der Waals surface area contributed by atoms with E-state index in [0.717, 1.165) is 25.1 Å². The van der Waals surface area contributed by atoms with Crippen molar-refractivity contribution in [1.29, 1.82) is 0 Å². The third-order valence-corrected chi connectivity index (χ3v) is 6.19. The van der Waals surface area contributed by atoms with E-state index < -0.39 is 0 Å². The Labute approximate surface area is 130 Å². The molecule has 3 aliphatic rings. The van der Waals surface area contributed by atoms with Gasteiger partial charge in [0.15, 0.2) is 0 Å². The maximum atomic E-state index is 12.5. The zero-order valence-corrected chi connectivity index (χ0v) is 13.3. The molecule has 4 atom stereocenters. The SMILES string of the molecule is CC[C@H](C)c1cc(C(=O)N[C@@H]2[C@@H]3CCO[C@H]3C23CCC3)on1. The van der Waals surface area contributed by atoms with Crippen molar-refractivity contribution in [2.75, 3.05) is 6.61 Å². The Morgan fingerprint density at radius 1 is 1.55 bits per heavy atom. The third-order valence-electron chi connectivity index (χ3n) is 6.19. The van der Waals surface area contributed by atoms with E-state index in [1.54, 1.807) is 6.07 Å². The molecule has 0 bridgehead atoms. The van der Waals surface area contributed by atoms with Crippen LogP contribution in [-0.4, -0.2) is 29.8 Å². The molecular formula is C17H24N2O3. The van der Waals surface area contributed by atoms with Gasteiger partial charge in [0.1, 0.15) is 0 Å². The van der Waals surface area contributed by atoms with Gasteiger partial charge in [-0.05, 0) is 25.7 Å². The maximum Gasteiger partial charge on any atom is 0.290 e. The monoisotopic (exact) mass is 304 g/mol. The summed E-state index contributed by atoms with van der Waals surface area (Å²) in [5, 5.41) is 7.25. The van der Waals surface area contributed by atoms with Crippen molar-refractivity contribution in [2.24, 2.45) is 11.3 Å². The summed E-state index contributed by atoms with van der Waals surface area (Å²) in [5.41, 5.74) is 1.07. The highest BCUT2D eigenvalue weighted by molar-refractivity contribution is 5.91. The van der Waals surface area contributed by atoms with Gasteiger partial charge in [-0.3, -0.25) is 4.79 Å². The minimum atomic E-state index is -0.122. The molecule has 5 heteroatoms. The standard InChI is InChI=1S/C17H24N2O3/c1-3-10(2)12-9-13(22-19-12)16(20)18-14-11-5-8-21-15(11)17(14)6-4-7-17/h9-11,14-15H,3-8H2,1-2H3,(H,18,20)/t10-,11-,14+,15+/m0/s1. The minimum absolute atomic E-state index is 0.122. The van der Waals surface area contributed by atoms with Crippen LogP contribution in [0.15, 0.2) is 10.6 Å². The highest BCUT2D eigenvalue weighted by Gasteiger charge is 2.67. The van der Waals surface area contributed by atoms with E-state index in [0.29, 0.717) is 23.7 Å². The second kappa shape index (κ2) is 5.08. The molecule has 0 aromatic carbocycles. The number of hydrogen-bond donors (Lipinski definition) is 1. The molecule has 1 amide bonds. The number of carbonyl (C=O) groups is 1. The van der Waals surface area contributed by atoms with E-state index in [1.807, 2.05) is 0 Å². The molecule has 1 aromatic heterocycles. The number of amides is 1. The van der Waals surface area contributed by atoms with Crippen LogP contribution in [0.1, 0.15) is 68.1 Å². The predicted octanol–water partition coefficient (Wildman–Crippen LogP) is 2.88. The number of nitrogens with one attached hydrogen (secondary N) is 1. The van der Waals surface area contributed by atoms with Gasteiger partial charge in [0.2, 0.25) is 5.76 Å². The lowest BCUT2D eigenvalue weighted by atomic mass is 9.46. The summed E-state index contributed by atoms with van der Waals surface area (Å²) in [6, 6.07) is 2.04. The topological polar surface area (TPSA) is 64.4 Å². The van der Waals surface area contributed by atoms with E-state index >= 15 is 0 Å². The smallest absolute Gasteiger partial charge is 0.290 e. The average molecular weight is 304 g/mol. The molecule has 1 spiro atoms. The molecule has 2 saturated carbocycles. The Morgan fingerprint density at radius 3 is 3.05 bits per heavy atom. The minimum Gasteiger partial charge on any atom is -0.377 e. The Hall–Kier alpha value is -1.36. The van der Waals surface area contributed by atoms with Crippen LogP contribution in [0.3, 0.4) is 0 Å². The highest BCUT2D eigenvalue weighted by Crippen LogP contribution is 2.62. The summed E-state index contributed by atoms with van der Waals surface area (Å²) in [6.45, 7) is 5.03. The number of carbonyl (C=O) groups excluding carboxylic acids is 1. The van der Waals surface area contributed by atoms with Crippen LogP contribution in [0, 0.1) is 11.3 Å². The Balaban J connectivity index is 1.47. The van der Waals surface area contributed by atoms with Crippen molar-refractivity contribution in [3.8, 4) is 0 Å². The summed E-state index contributed by atoms with van der Waals surface area (Å²) < 4.78 is 11.1. The molecular weight excluding hydrogens is 280 g/mol. The lowest BCUT2D eigenvalue weighted by Gasteiger charge is -2.63. The number of rotatable bonds is 4. The van der Waals surface area contributed by atoms with Crippen LogP contribution in [0.2, 0.25) is 0 Å². The van der Waals surface area contributed by atoms with Crippen molar-refractivity contribution in [1.82, 2.24) is 10.5 Å². The van der Waals surface area contributed by atoms with E-state index in [1.165, 1.54) is 19.3 Å². The van der Waals surface area contributed by atoms with Crippen LogP contribution in [0.4, 0.5) is 0 Å². The van der Waals surface area contributed by atoms with Crippen LogP contribution in [0.5, 0.6) is 0 Å². The summed E-state index contributed by atoms with van der Waals surface area (Å²) in [7, 11) is 0. The Morgan fingerprint density at radius 2 is 2.36 bits per heavy atom. The Bertz CT molecular complexity index is 578. The molecule has 0 radical (unpaired) electrons. The maximum absolute atomic E-state index is 12.5. The van der Waals surface area contributed by atoms with Gasteiger partial charge in [0.05, 0.1) is 11.8 Å². The fourth-order valence-corrected chi connectivity index (χ4v) is 4.51. The number of fused-ring (bicyclic) bond motifs is 2. The van der Waals surface area contributed by atoms with Gasteiger partial charge in [0.25, 0.3) is 5.91 Å². The molecule has 1 aromatic rings. The van der Waals surface area contributed by atoms with Crippen molar-refractivity contribution in [3.63, 3.8) is 0 Å². The largest absolute Gasteiger partial charge is 0.377 e. The van der Waals surface area contributed by atoms with Crippen molar-refractivity contribution >= 4 is 5.91 Å². The first-order valence-corrected chi connectivity index (χ1v) is 8.55. The first kappa shape index (κ1) is 14.2. The summed E-state index contributed by atoms with van der Waals surface area (Å²) in [5.74, 6) is 1.02. The van der Waals surface area contributed by atoms with Gasteiger partial charge >= 0.3 is 0 Å². The molecule has 120 valence electrons. The number of ether oxygens (including phenoxy) is 1. The summed E-state index contributed by atoms with van der Waals surface area (Å²) in [4.78, 5) is 12.5. The third kappa shape index (κ3) is 1.87. The van der Waals surface area contributed by atoms with E-state index in [-0.39, 0.29) is 17.4 Å². The van der Waals surface area contributed by atoms with Crippen LogP contribution < -0.4 is 5.32 Å². The van der Waals surface area contributed by atoms with Crippen molar-refractivity contribution in [3.05, 3.63) is 17.5 Å². The number of nitrogens with zero attached hydrogens (tertiary/aromatic N) is 1. The van der Waals surface area contributed by atoms with E-state index in [9.17, 15) is 4.79 Å². The normalized spacial score (nSPS) is 32.9. The van der Waals surface area contributed by atoms with Crippen molar-refractivity contribution < 1.29 is 14.1 Å². The zero-order chi connectivity index (χ0) is 15.3. The predicted molar refractivity (Wildman–Crippen MR) is 80.6 cm³/mol. The molecule has 2 aliphatic carbocycles. The van der Waals surface area contributed by atoms with Gasteiger partial charge in [-0.15, -0.1) is 0 Å². The lowest BCUT2D eigenvalue weighted by molar-refractivity contribution is -0.172. The van der Waals surface area contributed by atoms with Crippen molar-refractivity contribution in [2.45, 2.75) is 64.0 Å². The average Bonchev–Trinajstić information content (AvgIpc) is 3.10. The molecule has 1 N–H and O–H groups in total. The quantitative estimate of drug-likeness (QED) is 0.929. The second-order valence-corrected chi connectivity index (χ2v) is 7.21. The van der Waals surface area contributed by atoms with Gasteiger partial charge in [-0.1, -0.05) is 25.4 Å². The summed E-state index contributed by atoms with van der Waals surface area (Å²) in [6.07, 6.45) is 6.02. The molecule has 3 fully saturated rings. The van der Waals surface area contributed by atoms with Gasteiger partial charge in [-0.25, -0.2) is 0 Å². The first-order chi connectivity index (χ1) is 10.7. The first-order valence-electron chi connectivity index (χ1n) is 8.55. The molecule has 22 heavy (non-hydrogen) atoms. The van der Waals surface area contributed by atoms with Crippen LogP contribution in [-0.2, 0) is 4.74 Å². The fourth-order valence-electron chi connectivity index (χ4n) is 4.51. The molecule has 4 rings (SSSR count). The van der Waals surface area contributed by atoms with Crippen LogP contribution in [0.25, 0.3) is 0 Å². The molecule has 0 unspecified atom stereocenters. The van der Waals surface area contributed by atoms with Gasteiger partial charge < -0.3 is 14.6 Å². The van der Waals surface area contributed by atoms with Gasteiger partial charge in [0, 0.05) is 36.0 Å². The molecule has 1 saturated heterocycles. The highest BCUT2D eigenvalue weighted by atomic mass is 16.5. The summed E-state index contributed by atoms with van der Waals surface area (Å²) >= 11 is 0. The second-order valence-electron chi connectivity index (χ2n) is 7.21. The van der Waals surface area contributed by atoms with Gasteiger partial charge in [-0.2, -0.15) is 0 Å². The van der Waals surface area contributed by atoms with E-state index in [4.69, 9.17) is 9.26 Å².